The molecule has 3 aliphatic heterocycles. The first-order valence-corrected chi connectivity index (χ1v) is 15.6. The Morgan fingerprint density at radius 2 is 1.60 bits per heavy atom. The molecule has 4 aromatic rings. The van der Waals surface area contributed by atoms with Crippen molar-refractivity contribution >= 4 is 22.9 Å². The lowest BCUT2D eigenvalue weighted by atomic mass is 9.96. The van der Waals surface area contributed by atoms with Gasteiger partial charge in [-0.3, -0.25) is 9.80 Å². The number of hydrogen-bond acceptors (Lipinski definition) is 9. The molecule has 3 fully saturated rings. The van der Waals surface area contributed by atoms with E-state index in [-0.39, 0.29) is 17.9 Å². The van der Waals surface area contributed by atoms with Gasteiger partial charge in [0.15, 0.2) is 17.2 Å². The van der Waals surface area contributed by atoms with E-state index >= 15 is 0 Å². The number of halogens is 1. The number of carbonyl (C=O) groups is 1. The van der Waals surface area contributed by atoms with Crippen molar-refractivity contribution < 1.29 is 18.7 Å². The van der Waals surface area contributed by atoms with Gasteiger partial charge in [-0.25, -0.2) is 23.8 Å². The topological polar surface area (TPSA) is 115 Å². The normalized spacial score (nSPS) is 19.0. The summed E-state index contributed by atoms with van der Waals surface area (Å²) in [6.07, 6.45) is 3.20. The second-order valence-electron chi connectivity index (χ2n) is 13.2. The maximum absolute atomic E-state index is 14.1. The van der Waals surface area contributed by atoms with Crippen LogP contribution in [0.25, 0.3) is 22.3 Å². The van der Waals surface area contributed by atoms with Crippen molar-refractivity contribution in [1.82, 2.24) is 34.4 Å². The molecule has 0 unspecified atom stereocenters. The maximum Gasteiger partial charge on any atom is 0.410 e. The molecule has 0 spiro atoms. The quantitative estimate of drug-likeness (QED) is 0.322. The first kappa shape index (κ1) is 29.4. The predicted molar refractivity (Wildman–Crippen MR) is 168 cm³/mol. The molecule has 0 radical (unpaired) electrons. The van der Waals surface area contributed by atoms with Gasteiger partial charge >= 0.3 is 6.09 Å². The largest absolute Gasteiger partial charge is 0.454 e. The summed E-state index contributed by atoms with van der Waals surface area (Å²) in [7, 11) is 0. The van der Waals surface area contributed by atoms with Crippen LogP contribution in [0, 0.1) is 5.82 Å². The Balaban J connectivity index is 0.976. The number of likely N-dealkylation sites (tertiary alicyclic amines) is 3. The Kier molecular flexibility index (Phi) is 7.57. The van der Waals surface area contributed by atoms with Crippen LogP contribution < -0.4 is 10.5 Å². The molecular weight excluding hydrogens is 575 g/mol. The Hall–Kier alpha value is -4.29. The highest BCUT2D eigenvalue weighted by Crippen LogP contribution is 2.36. The molecule has 0 saturated carbocycles. The van der Waals surface area contributed by atoms with Gasteiger partial charge in [0.2, 0.25) is 0 Å². The molecule has 0 aliphatic carbocycles. The van der Waals surface area contributed by atoms with Crippen molar-refractivity contribution in [1.29, 1.82) is 0 Å². The van der Waals surface area contributed by atoms with E-state index in [0.29, 0.717) is 23.7 Å². The Labute approximate surface area is 261 Å². The number of nitrogens with two attached hydrogens (primary N) is 1. The smallest absolute Gasteiger partial charge is 0.410 e. The van der Waals surface area contributed by atoms with Gasteiger partial charge in [-0.05, 0) is 70.0 Å². The predicted octanol–water partition coefficient (Wildman–Crippen LogP) is 4.95. The molecule has 3 aliphatic rings. The van der Waals surface area contributed by atoms with Gasteiger partial charge < -0.3 is 20.1 Å². The van der Waals surface area contributed by atoms with Crippen LogP contribution in [-0.2, 0) is 4.74 Å². The minimum atomic E-state index is -0.466. The number of anilines is 1. The average molecular weight is 615 g/mol. The SMILES string of the molecule is CC(C)(C)OC(=O)N1CC(N2CC(N3CCC(n4nc(-c5ccc(Oc6ccccc6F)cc5)c5c(N)ncnc54)CC3)C2)C1. The average Bonchev–Trinajstić information content (AvgIpc) is 3.35. The molecule has 3 saturated heterocycles. The van der Waals surface area contributed by atoms with Crippen LogP contribution in [0.4, 0.5) is 15.0 Å². The molecule has 5 heterocycles. The molecule has 45 heavy (non-hydrogen) atoms. The number of fused-ring (bicyclic) bond motifs is 1. The van der Waals surface area contributed by atoms with E-state index < -0.39 is 11.4 Å². The summed E-state index contributed by atoms with van der Waals surface area (Å²) in [6.45, 7) is 11.2. The van der Waals surface area contributed by atoms with E-state index in [2.05, 4.69) is 19.8 Å². The van der Waals surface area contributed by atoms with Crippen LogP contribution in [0.15, 0.2) is 54.9 Å². The molecule has 0 bridgehead atoms. The third kappa shape index (κ3) is 5.91. The molecule has 0 atom stereocenters. The molecule has 12 heteroatoms. The van der Waals surface area contributed by atoms with E-state index in [1.165, 1.54) is 12.4 Å². The van der Waals surface area contributed by atoms with Gasteiger partial charge in [-0.15, -0.1) is 0 Å². The van der Waals surface area contributed by atoms with Gasteiger partial charge in [0.25, 0.3) is 0 Å². The number of para-hydroxylation sites is 1. The molecule has 2 aromatic carbocycles. The number of piperidine rings is 1. The highest BCUT2D eigenvalue weighted by atomic mass is 19.1. The van der Waals surface area contributed by atoms with E-state index in [0.717, 1.165) is 74.4 Å². The summed E-state index contributed by atoms with van der Waals surface area (Å²) in [4.78, 5) is 28.0. The van der Waals surface area contributed by atoms with Gasteiger partial charge in [-0.1, -0.05) is 12.1 Å². The third-order valence-corrected chi connectivity index (χ3v) is 8.99. The number of amides is 1. The molecule has 1 amide bonds. The molecule has 2 N–H and O–H groups in total. The maximum atomic E-state index is 14.1. The zero-order chi connectivity index (χ0) is 31.3. The minimum Gasteiger partial charge on any atom is -0.454 e. The number of benzene rings is 2. The number of aromatic nitrogens is 4. The first-order chi connectivity index (χ1) is 21.6. The van der Waals surface area contributed by atoms with Crippen molar-refractivity contribution in [2.75, 3.05) is 45.0 Å². The van der Waals surface area contributed by atoms with E-state index in [1.807, 2.05) is 37.6 Å². The van der Waals surface area contributed by atoms with Crippen molar-refractivity contribution in [2.45, 2.75) is 57.3 Å². The number of hydrogen-bond donors (Lipinski definition) is 1. The summed E-state index contributed by atoms with van der Waals surface area (Å²) in [6, 6.07) is 14.9. The summed E-state index contributed by atoms with van der Waals surface area (Å²) >= 11 is 0. The number of carbonyl (C=O) groups excluding carboxylic acids is 1. The van der Waals surface area contributed by atoms with Crippen molar-refractivity contribution in [3.8, 4) is 22.8 Å². The summed E-state index contributed by atoms with van der Waals surface area (Å²) in [5, 5.41) is 5.77. The fraction of sp³-hybridized carbons (Fsp3) is 0.455. The molecule has 236 valence electrons. The zero-order valence-electron chi connectivity index (χ0n) is 25.9. The second kappa shape index (κ2) is 11.6. The fourth-order valence-electron chi connectivity index (χ4n) is 6.46. The van der Waals surface area contributed by atoms with E-state index in [1.54, 1.807) is 35.2 Å². The standard InChI is InChI=1S/C33H39FN8O3/c1-33(2,3)45-32(43)41-18-24(19-41)40-16-23(17-40)39-14-12-22(13-15-39)42-31-28(30(35)36-20-37-31)29(38-42)21-8-10-25(11-9-21)44-27-7-5-4-6-26(27)34/h4-11,20,22-24H,12-19H2,1-3H3,(H2,35,36,37). The van der Waals surface area contributed by atoms with Crippen molar-refractivity contribution in [2.24, 2.45) is 0 Å². The summed E-state index contributed by atoms with van der Waals surface area (Å²) in [5.74, 6) is 0.672. The van der Waals surface area contributed by atoms with E-state index in [4.69, 9.17) is 20.3 Å². The first-order valence-electron chi connectivity index (χ1n) is 15.6. The summed E-state index contributed by atoms with van der Waals surface area (Å²) < 4.78 is 27.3. The van der Waals surface area contributed by atoms with Gasteiger partial charge in [0.1, 0.15) is 29.2 Å². The Morgan fingerprint density at radius 3 is 2.29 bits per heavy atom. The highest BCUT2D eigenvalue weighted by molar-refractivity contribution is 5.98. The van der Waals surface area contributed by atoms with Gasteiger partial charge in [0, 0.05) is 56.9 Å². The van der Waals surface area contributed by atoms with Crippen LogP contribution in [-0.4, -0.2) is 97.5 Å². The van der Waals surface area contributed by atoms with Crippen LogP contribution in [0.3, 0.4) is 0 Å². The van der Waals surface area contributed by atoms with Crippen LogP contribution >= 0.6 is 0 Å². The van der Waals surface area contributed by atoms with Crippen LogP contribution in [0.1, 0.15) is 39.7 Å². The van der Waals surface area contributed by atoms with Crippen LogP contribution in [0.2, 0.25) is 0 Å². The summed E-state index contributed by atoms with van der Waals surface area (Å²) in [5.41, 5.74) is 8.21. The number of nitrogen functional groups attached to an aromatic ring is 1. The lowest BCUT2D eigenvalue weighted by Gasteiger charge is -2.54. The third-order valence-electron chi connectivity index (χ3n) is 8.99. The van der Waals surface area contributed by atoms with E-state index in [9.17, 15) is 9.18 Å². The monoisotopic (exact) mass is 614 g/mol. The highest BCUT2D eigenvalue weighted by Gasteiger charge is 2.44. The molecule has 7 rings (SSSR count). The second-order valence-corrected chi connectivity index (χ2v) is 13.2. The van der Waals surface area contributed by atoms with Crippen LogP contribution in [0.5, 0.6) is 11.5 Å². The lowest BCUT2D eigenvalue weighted by molar-refractivity contribution is -0.0623. The number of ether oxygens (including phenoxy) is 2. The molecule has 2 aromatic heterocycles. The number of nitrogens with zero attached hydrogens (tertiary/aromatic N) is 7. The Bertz CT molecular complexity index is 1680. The van der Waals surface area contributed by atoms with Gasteiger partial charge in [0.05, 0.1) is 11.4 Å². The van der Waals surface area contributed by atoms with Crippen molar-refractivity contribution in [3.63, 3.8) is 0 Å². The molecule has 11 nitrogen and oxygen atoms in total. The Morgan fingerprint density at radius 1 is 0.911 bits per heavy atom. The molecular formula is C33H39FN8O3. The lowest BCUT2D eigenvalue weighted by Crippen LogP contribution is -2.70. The minimum absolute atomic E-state index is 0.173. The van der Waals surface area contributed by atoms with Crippen molar-refractivity contribution in [3.05, 3.63) is 60.7 Å². The van der Waals surface area contributed by atoms with Gasteiger partial charge in [-0.2, -0.15) is 5.10 Å². The zero-order valence-corrected chi connectivity index (χ0v) is 25.9. The number of rotatable bonds is 6. The fourth-order valence-corrected chi connectivity index (χ4v) is 6.46.